The number of rotatable bonds is 0. The van der Waals surface area contributed by atoms with E-state index in [0.29, 0.717) is 0 Å². The second kappa shape index (κ2) is 37.3. The molecule has 10 aromatic rings. The molecule has 0 fully saturated rings. The quantitative estimate of drug-likeness (QED) is 0.174. The average Bonchev–Trinajstić information content (AvgIpc) is 4.09. The lowest BCUT2D eigenvalue weighted by Crippen LogP contribution is -1.75. The molecule has 266 valence electrons. The van der Waals surface area contributed by atoms with E-state index < -0.39 is 0 Å². The van der Waals surface area contributed by atoms with E-state index in [1.807, 2.05) is 71.4 Å². The van der Waals surface area contributed by atoms with Crippen molar-refractivity contribution in [2.24, 2.45) is 7.05 Å². The molecule has 0 bridgehead atoms. The number of imidazole rings is 1. The molecule has 0 saturated heterocycles. The van der Waals surface area contributed by atoms with Crippen LogP contribution in [0.1, 0.15) is 0 Å². The standard InChI is InChI=1S/C5H7N.C4H5N.C3H4N2.2C3H3NO.2C3H3NS.3C2H2N2O/c1-6-4-2-3-5-6;1-2-4-5-3-1;5*1-2-5-3-4-1;1-3-4-2-5-1;2*1-3-2-5-4-1/h2-5H,1H3;1-5H;1-3H,(H,4,5);4*1-3H;3*1-2H. The minimum atomic E-state index is 1.26. The second-order valence-electron chi connectivity index (χ2n) is 7.44. The lowest BCUT2D eigenvalue weighted by molar-refractivity contribution is 0.416. The van der Waals surface area contributed by atoms with Gasteiger partial charge in [-0.15, -0.1) is 32.9 Å². The summed E-state index contributed by atoms with van der Waals surface area (Å²) >= 11 is 3.20. The molecule has 10 heterocycles. The first kappa shape index (κ1) is 41.9. The fraction of sp³-hybridized carbons (Fsp3) is 0.0333. The van der Waals surface area contributed by atoms with E-state index in [1.165, 1.54) is 63.5 Å². The van der Waals surface area contributed by atoms with Crippen molar-refractivity contribution in [3.05, 3.63) is 178 Å². The molecule has 0 spiro atoms. The SMILES string of the molecule is Cn1cccc1.c1c[nH]cn1.c1cc[nH]c1.c1cocn1.c1cocn1.c1cscn1.c1cscn1.c1ncon1.c1ncon1.c1nnco1. The van der Waals surface area contributed by atoms with Crippen molar-refractivity contribution >= 4 is 22.7 Å². The van der Waals surface area contributed by atoms with Gasteiger partial charge in [0.25, 0.3) is 0 Å². The van der Waals surface area contributed by atoms with E-state index in [0.717, 1.165) is 0 Å². The van der Waals surface area contributed by atoms with Crippen molar-refractivity contribution < 1.29 is 22.3 Å². The van der Waals surface area contributed by atoms with Gasteiger partial charge in [-0.1, -0.05) is 10.3 Å². The van der Waals surface area contributed by atoms with Crippen LogP contribution >= 0.6 is 22.7 Å². The van der Waals surface area contributed by atoms with Gasteiger partial charge in [0.15, 0.2) is 25.4 Å². The summed E-state index contributed by atoms with van der Waals surface area (Å²) in [7, 11) is 2.00. The lowest BCUT2D eigenvalue weighted by atomic mass is 10.7. The van der Waals surface area contributed by atoms with Crippen LogP contribution in [-0.2, 0) is 7.05 Å². The van der Waals surface area contributed by atoms with Crippen molar-refractivity contribution in [2.75, 3.05) is 0 Å². The van der Waals surface area contributed by atoms with Gasteiger partial charge in [-0.05, 0) is 24.3 Å². The number of aromatic nitrogens is 14. The van der Waals surface area contributed by atoms with Gasteiger partial charge in [-0.3, -0.25) is 9.97 Å². The van der Waals surface area contributed by atoms with Crippen LogP contribution in [0.2, 0.25) is 0 Å². The maximum absolute atomic E-state index is 4.47. The Morgan fingerprint density at radius 3 is 1.22 bits per heavy atom. The number of hydrogen-bond donors (Lipinski definition) is 2. The number of aromatic amines is 2. The highest BCUT2D eigenvalue weighted by Gasteiger charge is 1.68. The maximum Gasteiger partial charge on any atom is 0.213 e. The predicted molar refractivity (Wildman–Crippen MR) is 185 cm³/mol. The molecule has 21 heteroatoms. The monoisotopic (exact) mass is 734 g/mol. The number of oxazole rings is 2. The predicted octanol–water partition coefficient (Wildman–Crippen LogP) is 6.29. The Hall–Kier alpha value is -7.13. The van der Waals surface area contributed by atoms with Crippen molar-refractivity contribution in [1.82, 2.24) is 69.9 Å². The number of nitrogens with zero attached hydrogens (tertiary/aromatic N) is 12. The molecule has 19 nitrogen and oxygen atoms in total. The molecule has 0 aliphatic carbocycles. The average molecular weight is 735 g/mol. The van der Waals surface area contributed by atoms with Crippen LogP contribution in [-0.4, -0.2) is 69.9 Å². The molecular weight excluding hydrogens is 701 g/mol. The molecule has 0 radical (unpaired) electrons. The number of H-pyrrole nitrogens is 2. The van der Waals surface area contributed by atoms with Crippen LogP contribution in [0.25, 0.3) is 0 Å². The maximum atomic E-state index is 4.47. The summed E-state index contributed by atoms with van der Waals surface area (Å²) in [6, 6.07) is 7.89. The molecule has 0 aromatic carbocycles. The molecule has 0 saturated carbocycles. The van der Waals surface area contributed by atoms with Gasteiger partial charge in [0.2, 0.25) is 25.6 Å². The number of aryl methyl sites for hydroxylation is 1. The van der Waals surface area contributed by atoms with Gasteiger partial charge in [0, 0.05) is 67.4 Å². The van der Waals surface area contributed by atoms with Crippen molar-refractivity contribution in [3.8, 4) is 0 Å². The minimum Gasteiger partial charge on any atom is -0.452 e. The third kappa shape index (κ3) is 35.6. The van der Waals surface area contributed by atoms with E-state index in [2.05, 4.69) is 87.7 Å². The summed E-state index contributed by atoms with van der Waals surface area (Å²) in [5, 5.41) is 16.9. The molecule has 0 amide bonds. The summed E-state index contributed by atoms with van der Waals surface area (Å²) in [5.74, 6) is 0. The van der Waals surface area contributed by atoms with Gasteiger partial charge in [0.1, 0.15) is 12.5 Å². The van der Waals surface area contributed by atoms with Crippen molar-refractivity contribution in [2.45, 2.75) is 0 Å². The minimum absolute atomic E-state index is 1.26. The number of nitrogens with one attached hydrogen (secondary N) is 2. The van der Waals surface area contributed by atoms with Gasteiger partial charge in [-0.25, -0.2) is 24.9 Å². The Kier molecular flexibility index (Phi) is 30.7. The fourth-order valence-corrected chi connectivity index (χ4v) is 2.73. The smallest absolute Gasteiger partial charge is 0.213 e. The fourth-order valence-electron chi connectivity index (χ4n) is 2.02. The first-order valence-corrected chi connectivity index (χ1v) is 15.7. The Morgan fingerprint density at radius 1 is 0.510 bits per heavy atom. The largest absolute Gasteiger partial charge is 0.452 e. The van der Waals surface area contributed by atoms with Crippen LogP contribution in [0.5, 0.6) is 0 Å². The topological polar surface area (TPSA) is 244 Å². The first-order valence-electron chi connectivity index (χ1n) is 13.8. The van der Waals surface area contributed by atoms with Crippen LogP contribution in [0.15, 0.2) is 200 Å². The zero-order chi connectivity index (χ0) is 36.2. The van der Waals surface area contributed by atoms with E-state index in [-0.39, 0.29) is 0 Å². The third-order valence-corrected chi connectivity index (χ3v) is 4.94. The summed E-state index contributed by atoms with van der Waals surface area (Å²) in [6.07, 6.45) is 33.0. The highest BCUT2D eigenvalue weighted by Crippen LogP contribution is 1.86. The van der Waals surface area contributed by atoms with Crippen LogP contribution in [0.4, 0.5) is 0 Å². The normalized spacial score (nSPS) is 8.10. The highest BCUT2D eigenvalue weighted by atomic mass is 32.1. The molecule has 0 unspecified atom stereocenters. The van der Waals surface area contributed by atoms with Crippen LogP contribution in [0, 0.1) is 0 Å². The molecule has 10 aromatic heterocycles. The molecule has 51 heavy (non-hydrogen) atoms. The Morgan fingerprint density at radius 2 is 1.08 bits per heavy atom. The van der Waals surface area contributed by atoms with E-state index >= 15 is 0 Å². The Balaban J connectivity index is 0.000000283. The molecule has 0 aliphatic rings. The highest BCUT2D eigenvalue weighted by molar-refractivity contribution is 7.07. The second-order valence-corrected chi connectivity index (χ2v) is 8.95. The molecule has 2 N–H and O–H groups in total. The zero-order valence-corrected chi connectivity index (χ0v) is 28.6. The summed E-state index contributed by atoms with van der Waals surface area (Å²) < 4.78 is 23.8. The summed E-state index contributed by atoms with van der Waals surface area (Å²) in [6.45, 7) is 0. The van der Waals surface area contributed by atoms with Gasteiger partial charge >= 0.3 is 0 Å². The zero-order valence-electron chi connectivity index (χ0n) is 27.0. The Labute approximate surface area is 299 Å². The van der Waals surface area contributed by atoms with Crippen LogP contribution < -0.4 is 0 Å². The Bertz CT molecular complexity index is 1200. The molecule has 0 atom stereocenters. The van der Waals surface area contributed by atoms with Crippen LogP contribution in [0.3, 0.4) is 0 Å². The third-order valence-electron chi connectivity index (χ3n) is 3.89. The summed E-state index contributed by atoms with van der Waals surface area (Å²) in [4.78, 5) is 30.8. The molecular formula is C30H34N14O5S2. The van der Waals surface area contributed by atoms with E-state index in [1.54, 1.807) is 77.2 Å². The van der Waals surface area contributed by atoms with Crippen molar-refractivity contribution in [1.29, 1.82) is 0 Å². The molecule has 0 aliphatic heterocycles. The summed E-state index contributed by atoms with van der Waals surface area (Å²) in [5.41, 5.74) is 3.58. The van der Waals surface area contributed by atoms with Crippen molar-refractivity contribution in [3.63, 3.8) is 0 Å². The van der Waals surface area contributed by atoms with E-state index in [4.69, 9.17) is 0 Å². The number of hydrogen-bond acceptors (Lipinski definition) is 18. The van der Waals surface area contributed by atoms with Gasteiger partial charge < -0.3 is 36.8 Å². The first-order chi connectivity index (χ1) is 25.4. The molecule has 10 rings (SSSR count). The van der Waals surface area contributed by atoms with E-state index in [9.17, 15) is 0 Å². The van der Waals surface area contributed by atoms with Gasteiger partial charge in [-0.2, -0.15) is 0 Å². The van der Waals surface area contributed by atoms with Gasteiger partial charge in [0.05, 0.1) is 29.7 Å². The number of thiazole rings is 2. The lowest BCUT2D eigenvalue weighted by Gasteiger charge is -1.79.